The summed E-state index contributed by atoms with van der Waals surface area (Å²) in [4.78, 5) is 47.4. The van der Waals surface area contributed by atoms with Gasteiger partial charge in [-0.3, -0.25) is 30.0 Å². The number of ether oxygens (including phenoxy) is 1. The third-order valence-electron chi connectivity index (χ3n) is 4.35. The summed E-state index contributed by atoms with van der Waals surface area (Å²) in [5.41, 5.74) is 6.16. The lowest BCUT2D eigenvalue weighted by atomic mass is 10.2. The maximum atomic E-state index is 11.9. The van der Waals surface area contributed by atoms with Crippen molar-refractivity contribution in [3.63, 3.8) is 0 Å². The first-order chi connectivity index (χ1) is 16.3. The Kier molecular flexibility index (Phi) is 11.5. The zero-order valence-electron chi connectivity index (χ0n) is 18.3. The zero-order chi connectivity index (χ0) is 24.8. The first-order valence-electron chi connectivity index (χ1n) is 10.5. The molecule has 0 unspecified atom stereocenters. The highest BCUT2D eigenvalue weighted by Crippen LogP contribution is 2.20. The summed E-state index contributed by atoms with van der Waals surface area (Å²) in [6.45, 7) is 0.229. The van der Waals surface area contributed by atoms with Crippen molar-refractivity contribution in [1.29, 1.82) is 0 Å². The lowest BCUT2D eigenvalue weighted by molar-refractivity contribution is -0.144. The van der Waals surface area contributed by atoms with Gasteiger partial charge in [0, 0.05) is 25.7 Å². The van der Waals surface area contributed by atoms with Crippen LogP contribution in [0, 0.1) is 0 Å². The highest BCUT2D eigenvalue weighted by atomic mass is 35.5. The van der Waals surface area contributed by atoms with Crippen molar-refractivity contribution in [3.05, 3.63) is 65.2 Å². The Balaban J connectivity index is 1.55. The lowest BCUT2D eigenvalue weighted by Gasteiger charge is -2.11. The number of anilines is 1. The molecule has 0 aliphatic rings. The van der Waals surface area contributed by atoms with Gasteiger partial charge in [-0.1, -0.05) is 54.1 Å². The van der Waals surface area contributed by atoms with E-state index in [1.54, 1.807) is 24.3 Å². The predicted molar refractivity (Wildman–Crippen MR) is 132 cm³/mol. The molecule has 0 saturated carbocycles. The standard InChI is InChI=1S/C23H25ClN4O5S/c24-17-8-4-5-9-18(17)25-19(29)10-11-21(31)27-28-23(34)26-20(30)12-13-22(32)33-15-14-16-6-2-1-3-7-16/h1-9H,10-15H2,(H,25,29)(H,27,31)(H2,26,28,30,34). The van der Waals surface area contributed by atoms with Gasteiger partial charge < -0.3 is 15.4 Å². The Morgan fingerprint density at radius 3 is 2.18 bits per heavy atom. The number of benzene rings is 2. The monoisotopic (exact) mass is 504 g/mol. The summed E-state index contributed by atoms with van der Waals surface area (Å²) >= 11 is 10.9. The number of hydrazine groups is 1. The normalized spacial score (nSPS) is 10.0. The molecule has 0 radical (unpaired) electrons. The van der Waals surface area contributed by atoms with Crippen molar-refractivity contribution >= 4 is 58.3 Å². The molecule has 0 heterocycles. The van der Waals surface area contributed by atoms with E-state index in [9.17, 15) is 19.2 Å². The summed E-state index contributed by atoms with van der Waals surface area (Å²) in [7, 11) is 0. The quantitative estimate of drug-likeness (QED) is 0.222. The van der Waals surface area contributed by atoms with E-state index in [0.29, 0.717) is 17.1 Å². The van der Waals surface area contributed by atoms with Crippen molar-refractivity contribution in [2.24, 2.45) is 0 Å². The molecule has 2 aromatic rings. The smallest absolute Gasteiger partial charge is 0.306 e. The number of rotatable bonds is 10. The second-order valence-electron chi connectivity index (χ2n) is 7.03. The van der Waals surface area contributed by atoms with Gasteiger partial charge in [-0.2, -0.15) is 0 Å². The number of hydrogen-bond donors (Lipinski definition) is 4. The van der Waals surface area contributed by atoms with Crippen LogP contribution in [-0.4, -0.2) is 35.4 Å². The number of thiocarbonyl (C=S) groups is 1. The van der Waals surface area contributed by atoms with Crippen molar-refractivity contribution in [1.82, 2.24) is 16.2 Å². The Morgan fingerprint density at radius 1 is 0.794 bits per heavy atom. The summed E-state index contributed by atoms with van der Waals surface area (Å²) < 4.78 is 5.11. The second-order valence-corrected chi connectivity index (χ2v) is 7.85. The van der Waals surface area contributed by atoms with Crippen molar-refractivity contribution < 1.29 is 23.9 Å². The molecule has 11 heteroatoms. The summed E-state index contributed by atoms with van der Waals surface area (Å²) in [5, 5.41) is 5.20. The predicted octanol–water partition coefficient (Wildman–Crippen LogP) is 2.65. The fourth-order valence-electron chi connectivity index (χ4n) is 2.63. The van der Waals surface area contributed by atoms with Crippen LogP contribution in [0.3, 0.4) is 0 Å². The molecule has 0 saturated heterocycles. The fraction of sp³-hybridized carbons (Fsp3) is 0.261. The number of nitrogens with one attached hydrogen (secondary N) is 4. The third kappa shape index (κ3) is 10.9. The van der Waals surface area contributed by atoms with E-state index >= 15 is 0 Å². The van der Waals surface area contributed by atoms with Crippen LogP contribution in [0.25, 0.3) is 0 Å². The molecule has 0 bridgehead atoms. The molecule has 3 amide bonds. The van der Waals surface area contributed by atoms with Crippen molar-refractivity contribution in [2.45, 2.75) is 32.1 Å². The molecule has 9 nitrogen and oxygen atoms in total. The van der Waals surface area contributed by atoms with Gasteiger partial charge in [0.2, 0.25) is 17.7 Å². The molecule has 2 rings (SSSR count). The Labute approximate surface area is 207 Å². The van der Waals surface area contributed by atoms with Crippen LogP contribution >= 0.6 is 23.8 Å². The van der Waals surface area contributed by atoms with E-state index < -0.39 is 17.8 Å². The topological polar surface area (TPSA) is 126 Å². The van der Waals surface area contributed by atoms with Crippen LogP contribution in [0.15, 0.2) is 54.6 Å². The average molecular weight is 505 g/mol. The van der Waals surface area contributed by atoms with Crippen LogP contribution < -0.4 is 21.5 Å². The van der Waals surface area contributed by atoms with E-state index in [-0.39, 0.29) is 43.3 Å². The Bertz CT molecular complexity index is 1020. The van der Waals surface area contributed by atoms with Gasteiger partial charge in [0.05, 0.1) is 23.7 Å². The zero-order valence-corrected chi connectivity index (χ0v) is 19.8. The molecule has 2 aromatic carbocycles. The van der Waals surface area contributed by atoms with E-state index in [0.717, 1.165) is 5.56 Å². The summed E-state index contributed by atoms with van der Waals surface area (Å²) in [5.74, 6) is -1.89. The van der Waals surface area contributed by atoms with Gasteiger partial charge in [0.25, 0.3) is 0 Å². The Hall–Kier alpha value is -3.50. The maximum Gasteiger partial charge on any atom is 0.306 e. The maximum absolute atomic E-state index is 11.9. The van der Waals surface area contributed by atoms with E-state index in [2.05, 4.69) is 21.5 Å². The van der Waals surface area contributed by atoms with Gasteiger partial charge in [-0.25, -0.2) is 0 Å². The second kappa shape index (κ2) is 14.6. The highest BCUT2D eigenvalue weighted by Gasteiger charge is 2.12. The van der Waals surface area contributed by atoms with Gasteiger partial charge in [-0.05, 0) is 29.9 Å². The largest absolute Gasteiger partial charge is 0.465 e. The first kappa shape index (κ1) is 26.7. The molecule has 4 N–H and O–H groups in total. The highest BCUT2D eigenvalue weighted by molar-refractivity contribution is 7.80. The van der Waals surface area contributed by atoms with Crippen LogP contribution in [0.2, 0.25) is 5.02 Å². The first-order valence-corrected chi connectivity index (χ1v) is 11.2. The average Bonchev–Trinajstić information content (AvgIpc) is 2.82. The van der Waals surface area contributed by atoms with Crippen LogP contribution in [0.5, 0.6) is 0 Å². The molecule has 0 atom stereocenters. The van der Waals surface area contributed by atoms with Gasteiger partial charge in [0.15, 0.2) is 5.11 Å². The number of amides is 3. The molecular formula is C23H25ClN4O5S. The lowest BCUT2D eigenvalue weighted by Crippen LogP contribution is -2.48. The minimum Gasteiger partial charge on any atom is -0.465 e. The van der Waals surface area contributed by atoms with Crippen LogP contribution in [-0.2, 0) is 30.3 Å². The summed E-state index contributed by atoms with van der Waals surface area (Å²) in [6.07, 6.45) is 0.172. The number of esters is 1. The third-order valence-corrected chi connectivity index (χ3v) is 4.88. The molecule has 0 aliphatic heterocycles. The van der Waals surface area contributed by atoms with Gasteiger partial charge >= 0.3 is 5.97 Å². The van der Waals surface area contributed by atoms with E-state index in [1.165, 1.54) is 0 Å². The fourth-order valence-corrected chi connectivity index (χ4v) is 2.97. The van der Waals surface area contributed by atoms with Crippen LogP contribution in [0.1, 0.15) is 31.2 Å². The molecule has 0 aliphatic carbocycles. The van der Waals surface area contributed by atoms with E-state index in [4.69, 9.17) is 28.6 Å². The van der Waals surface area contributed by atoms with Crippen LogP contribution in [0.4, 0.5) is 5.69 Å². The molecule has 0 spiro atoms. The van der Waals surface area contributed by atoms with Crippen molar-refractivity contribution in [3.8, 4) is 0 Å². The molecule has 0 fully saturated rings. The van der Waals surface area contributed by atoms with Gasteiger partial charge in [-0.15, -0.1) is 0 Å². The van der Waals surface area contributed by atoms with E-state index in [1.807, 2.05) is 30.3 Å². The number of carbonyl (C=O) groups is 4. The number of halogens is 1. The number of hydrogen-bond acceptors (Lipinski definition) is 6. The number of para-hydroxylation sites is 1. The molecular weight excluding hydrogens is 480 g/mol. The van der Waals surface area contributed by atoms with Gasteiger partial charge in [0.1, 0.15) is 0 Å². The van der Waals surface area contributed by atoms with Crippen molar-refractivity contribution in [2.75, 3.05) is 11.9 Å². The SMILES string of the molecule is O=C(CCC(=O)Nc1ccccc1Cl)NNC(=S)NC(=O)CCC(=O)OCCc1ccccc1. The Morgan fingerprint density at radius 2 is 1.44 bits per heavy atom. The molecule has 180 valence electrons. The minimum absolute atomic E-state index is 0.0791. The minimum atomic E-state index is -0.508. The number of carbonyl (C=O) groups excluding carboxylic acids is 4. The molecule has 0 aromatic heterocycles. The molecule has 34 heavy (non-hydrogen) atoms. The summed E-state index contributed by atoms with van der Waals surface area (Å²) in [6, 6.07) is 16.3.